The Hall–Kier alpha value is -2.81. The number of carbonyl (C=O) groups excluding carboxylic acids is 2. The largest absolute Gasteiger partial charge is 0.491 e. The van der Waals surface area contributed by atoms with E-state index in [0.717, 1.165) is 6.54 Å². The molecule has 0 spiro atoms. The molecule has 0 aromatic heterocycles. The Morgan fingerprint density at radius 2 is 1.97 bits per heavy atom. The number of hydrogen-bond acceptors (Lipinski definition) is 5. The summed E-state index contributed by atoms with van der Waals surface area (Å²) in [5.41, 5.74) is 1.41. The van der Waals surface area contributed by atoms with Gasteiger partial charge in [0, 0.05) is 45.0 Å². The van der Waals surface area contributed by atoms with Crippen LogP contribution in [0, 0.1) is 5.92 Å². The van der Waals surface area contributed by atoms with E-state index in [9.17, 15) is 9.59 Å². The number of methoxy groups -OCH3 is 1. The Labute approximate surface area is 199 Å². The second-order valence-corrected chi connectivity index (χ2v) is 8.73. The van der Waals surface area contributed by atoms with Crippen molar-refractivity contribution in [3.63, 3.8) is 0 Å². The number of fused-ring (bicyclic) bond motifs is 1. The van der Waals surface area contributed by atoms with Gasteiger partial charge in [-0.1, -0.05) is 30.7 Å². The molecule has 0 fully saturated rings. The molecule has 1 heterocycles. The van der Waals surface area contributed by atoms with Gasteiger partial charge in [-0.15, -0.1) is 0 Å². The van der Waals surface area contributed by atoms with Crippen molar-refractivity contribution in [2.75, 3.05) is 44.5 Å². The summed E-state index contributed by atoms with van der Waals surface area (Å²) in [7, 11) is 3.41. The van der Waals surface area contributed by atoms with Crippen molar-refractivity contribution >= 4 is 34.9 Å². The molecular formula is C24H31ClN4O4. The average molecular weight is 475 g/mol. The van der Waals surface area contributed by atoms with Crippen molar-refractivity contribution in [3.05, 3.63) is 53.1 Å². The number of benzene rings is 2. The molecule has 3 amide bonds. The van der Waals surface area contributed by atoms with E-state index in [2.05, 4.69) is 22.9 Å². The Bertz CT molecular complexity index is 987. The highest BCUT2D eigenvalue weighted by Gasteiger charge is 2.25. The Morgan fingerprint density at radius 3 is 2.70 bits per heavy atom. The molecule has 3 N–H and O–H groups in total. The van der Waals surface area contributed by atoms with E-state index < -0.39 is 6.03 Å². The predicted octanol–water partition coefficient (Wildman–Crippen LogP) is 4.08. The van der Waals surface area contributed by atoms with Crippen molar-refractivity contribution in [1.82, 2.24) is 10.2 Å². The predicted molar refractivity (Wildman–Crippen MR) is 130 cm³/mol. The lowest BCUT2D eigenvalue weighted by molar-refractivity contribution is 0.0281. The van der Waals surface area contributed by atoms with Crippen molar-refractivity contribution in [2.45, 2.75) is 26.0 Å². The maximum atomic E-state index is 13.2. The fourth-order valence-electron chi connectivity index (χ4n) is 3.58. The number of rotatable bonds is 3. The monoisotopic (exact) mass is 474 g/mol. The number of nitrogens with one attached hydrogen (secondary N) is 3. The third kappa shape index (κ3) is 6.60. The summed E-state index contributed by atoms with van der Waals surface area (Å²) in [6.45, 7) is 5.67. The summed E-state index contributed by atoms with van der Waals surface area (Å²) in [6.07, 6.45) is -0.100. The number of hydrogen-bond donors (Lipinski definition) is 3. The number of anilines is 2. The molecule has 2 aromatic rings. The molecule has 0 radical (unpaired) electrons. The van der Waals surface area contributed by atoms with Crippen molar-refractivity contribution < 1.29 is 19.1 Å². The van der Waals surface area contributed by atoms with Crippen molar-refractivity contribution in [1.29, 1.82) is 0 Å². The maximum absolute atomic E-state index is 13.2. The molecule has 0 saturated heterocycles. The van der Waals surface area contributed by atoms with Gasteiger partial charge in [0.1, 0.15) is 12.4 Å². The van der Waals surface area contributed by atoms with E-state index in [4.69, 9.17) is 21.1 Å². The SMILES string of the molecule is CO[C@@H]1CN(C)C(=O)c2ccc(NC(=O)Nc3ccccc3Cl)cc2OC[C@H](C)NC[C@H]1C. The summed E-state index contributed by atoms with van der Waals surface area (Å²) in [5.74, 6) is 0.445. The van der Waals surface area contributed by atoms with Crippen LogP contribution < -0.4 is 20.7 Å². The van der Waals surface area contributed by atoms with Crippen LogP contribution >= 0.6 is 11.6 Å². The summed E-state index contributed by atoms with van der Waals surface area (Å²) < 4.78 is 11.6. The number of carbonyl (C=O) groups is 2. The highest BCUT2D eigenvalue weighted by Crippen LogP contribution is 2.27. The molecular weight excluding hydrogens is 444 g/mol. The third-order valence-corrected chi connectivity index (χ3v) is 5.94. The fraction of sp³-hybridized carbons (Fsp3) is 0.417. The van der Waals surface area contributed by atoms with Crippen LogP contribution in [0.15, 0.2) is 42.5 Å². The van der Waals surface area contributed by atoms with Crippen LogP contribution in [0.2, 0.25) is 5.02 Å². The fourth-order valence-corrected chi connectivity index (χ4v) is 3.76. The minimum atomic E-state index is -0.452. The van der Waals surface area contributed by atoms with E-state index in [-0.39, 0.29) is 24.0 Å². The number of amides is 3. The quantitative estimate of drug-likeness (QED) is 0.623. The molecule has 0 bridgehead atoms. The Kier molecular flexibility index (Phi) is 8.55. The molecule has 0 saturated carbocycles. The van der Waals surface area contributed by atoms with Crippen LogP contribution in [0.4, 0.5) is 16.2 Å². The number of likely N-dealkylation sites (N-methyl/N-ethyl adjacent to an activating group) is 1. The average Bonchev–Trinajstić information content (AvgIpc) is 2.80. The smallest absolute Gasteiger partial charge is 0.323 e. The molecule has 0 aliphatic carbocycles. The topological polar surface area (TPSA) is 91.9 Å². The first-order chi connectivity index (χ1) is 15.8. The van der Waals surface area contributed by atoms with E-state index in [1.807, 2.05) is 6.92 Å². The molecule has 33 heavy (non-hydrogen) atoms. The van der Waals surface area contributed by atoms with Gasteiger partial charge in [0.2, 0.25) is 0 Å². The number of para-hydroxylation sites is 1. The van der Waals surface area contributed by atoms with Gasteiger partial charge in [-0.25, -0.2) is 4.79 Å². The van der Waals surface area contributed by atoms with E-state index in [0.29, 0.717) is 40.9 Å². The summed E-state index contributed by atoms with van der Waals surface area (Å²) in [5, 5.41) is 9.36. The first kappa shape index (κ1) is 24.8. The van der Waals surface area contributed by atoms with Crippen molar-refractivity contribution in [2.24, 2.45) is 5.92 Å². The number of ether oxygens (including phenoxy) is 2. The van der Waals surface area contributed by atoms with Crippen LogP contribution in [-0.2, 0) is 4.74 Å². The van der Waals surface area contributed by atoms with Gasteiger partial charge in [-0.2, -0.15) is 0 Å². The van der Waals surface area contributed by atoms with Gasteiger partial charge in [0.25, 0.3) is 5.91 Å². The summed E-state index contributed by atoms with van der Waals surface area (Å²) >= 11 is 6.11. The lowest BCUT2D eigenvalue weighted by Crippen LogP contribution is -2.44. The van der Waals surface area contributed by atoms with E-state index in [1.165, 1.54) is 0 Å². The zero-order chi connectivity index (χ0) is 24.0. The second-order valence-electron chi connectivity index (χ2n) is 8.33. The van der Waals surface area contributed by atoms with Gasteiger partial charge >= 0.3 is 6.03 Å². The summed E-state index contributed by atoms with van der Waals surface area (Å²) in [6, 6.07) is 11.6. The molecule has 2 aromatic carbocycles. The van der Waals surface area contributed by atoms with Crippen LogP contribution in [0.5, 0.6) is 5.75 Å². The van der Waals surface area contributed by atoms with Crippen LogP contribution in [0.25, 0.3) is 0 Å². The number of nitrogens with zero attached hydrogens (tertiary/aromatic N) is 1. The lowest BCUT2D eigenvalue weighted by Gasteiger charge is -2.30. The zero-order valence-electron chi connectivity index (χ0n) is 19.4. The highest BCUT2D eigenvalue weighted by molar-refractivity contribution is 6.33. The van der Waals surface area contributed by atoms with Gasteiger partial charge in [-0.3, -0.25) is 4.79 Å². The highest BCUT2D eigenvalue weighted by atomic mass is 35.5. The summed E-state index contributed by atoms with van der Waals surface area (Å²) in [4.78, 5) is 27.3. The third-order valence-electron chi connectivity index (χ3n) is 5.61. The van der Waals surface area contributed by atoms with Gasteiger partial charge in [0.15, 0.2) is 0 Å². The molecule has 3 rings (SSSR count). The lowest BCUT2D eigenvalue weighted by atomic mass is 10.0. The minimum absolute atomic E-state index is 0.0604. The number of urea groups is 1. The Balaban J connectivity index is 1.81. The molecule has 178 valence electrons. The van der Waals surface area contributed by atoms with Gasteiger partial charge in [-0.05, 0) is 37.1 Å². The van der Waals surface area contributed by atoms with Crippen LogP contribution in [0.3, 0.4) is 0 Å². The molecule has 3 atom stereocenters. The zero-order valence-corrected chi connectivity index (χ0v) is 20.1. The van der Waals surface area contributed by atoms with Crippen LogP contribution in [0.1, 0.15) is 24.2 Å². The standard InChI is InChI=1S/C24H31ClN4O4/c1-15-12-26-16(2)14-33-21-11-17(27-24(31)28-20-8-6-5-7-19(20)25)9-10-18(21)23(30)29(3)13-22(15)32-4/h5-11,15-16,22,26H,12-14H2,1-4H3,(H2,27,28,31)/t15-,16+,22-/m1/s1. The minimum Gasteiger partial charge on any atom is -0.491 e. The Morgan fingerprint density at radius 1 is 1.21 bits per heavy atom. The van der Waals surface area contributed by atoms with Gasteiger partial charge < -0.3 is 30.3 Å². The van der Waals surface area contributed by atoms with E-state index >= 15 is 0 Å². The maximum Gasteiger partial charge on any atom is 0.323 e. The second kappa shape index (κ2) is 11.4. The molecule has 1 aliphatic rings. The van der Waals surface area contributed by atoms with Crippen molar-refractivity contribution in [3.8, 4) is 5.75 Å². The molecule has 8 nitrogen and oxygen atoms in total. The molecule has 0 unspecified atom stereocenters. The molecule has 1 aliphatic heterocycles. The first-order valence-corrected chi connectivity index (χ1v) is 11.3. The normalized spacial score (nSPS) is 21.8. The van der Waals surface area contributed by atoms with E-state index in [1.54, 1.807) is 61.5 Å². The van der Waals surface area contributed by atoms with Gasteiger partial charge in [0.05, 0.1) is 22.4 Å². The first-order valence-electron chi connectivity index (χ1n) is 10.9. The van der Waals surface area contributed by atoms with Crippen LogP contribution in [-0.4, -0.2) is 62.8 Å². The number of halogens is 1. The molecule has 9 heteroatoms.